The molecule has 4 aromatic rings. The van der Waals surface area contributed by atoms with Crippen molar-refractivity contribution in [1.29, 1.82) is 0 Å². The van der Waals surface area contributed by atoms with E-state index in [1.54, 1.807) is 0 Å². The van der Waals surface area contributed by atoms with Crippen LogP contribution in [0.5, 0.6) is 17.2 Å². The van der Waals surface area contributed by atoms with E-state index < -0.39 is 60.3 Å². The van der Waals surface area contributed by atoms with Gasteiger partial charge in [-0.1, -0.05) is 18.9 Å². The summed E-state index contributed by atoms with van der Waals surface area (Å²) >= 11 is 0. The van der Waals surface area contributed by atoms with Gasteiger partial charge < -0.3 is 18.4 Å². The maximum atomic E-state index is 13.9. The maximum Gasteiger partial charge on any atom is 0.864 e. The van der Waals surface area contributed by atoms with Gasteiger partial charge in [-0.15, -0.1) is 0 Å². The molecule has 1 unspecified atom stereocenters. The first-order valence-corrected chi connectivity index (χ1v) is 17.0. The minimum atomic E-state index is -4.67. The quantitative estimate of drug-likeness (QED) is 0.0584. The Hall–Kier alpha value is -4.54. The Balaban J connectivity index is 0.000000701. The summed E-state index contributed by atoms with van der Waals surface area (Å²) in [6.45, 7) is 9.51. The molecule has 55 heavy (non-hydrogen) atoms. The van der Waals surface area contributed by atoms with Crippen LogP contribution < -0.4 is 14.0 Å². The van der Waals surface area contributed by atoms with E-state index in [9.17, 15) is 52.7 Å². The largest absolute Gasteiger partial charge is 0.864 e. The first-order chi connectivity index (χ1) is 25.6. The summed E-state index contributed by atoms with van der Waals surface area (Å²) in [4.78, 5) is 0. The molecule has 1 atom stereocenters. The van der Waals surface area contributed by atoms with Crippen molar-refractivity contribution in [3.63, 3.8) is 0 Å². The van der Waals surface area contributed by atoms with Crippen molar-refractivity contribution >= 4 is 7.32 Å². The summed E-state index contributed by atoms with van der Waals surface area (Å²) in [5, 5.41) is 0. The third-order valence-electron chi connectivity index (χ3n) is 8.91. The lowest BCUT2D eigenvalue weighted by Gasteiger charge is -2.44. The summed E-state index contributed by atoms with van der Waals surface area (Å²) in [6, 6.07) is 16.4. The topological polar surface area (TPSA) is 27.7 Å². The first-order valence-electron chi connectivity index (χ1n) is 17.0. The molecule has 0 amide bonds. The second-order valence-corrected chi connectivity index (χ2v) is 12.2. The Kier molecular flexibility index (Phi) is 15.0. The number of halogens is 12. The second kappa shape index (κ2) is 18.4. The minimum absolute atomic E-state index is 0.0388. The van der Waals surface area contributed by atoms with Gasteiger partial charge in [-0.2, -0.15) is 83.0 Å². The van der Waals surface area contributed by atoms with Crippen molar-refractivity contribution in [2.45, 2.75) is 71.3 Å². The third-order valence-corrected chi connectivity index (χ3v) is 8.91. The van der Waals surface area contributed by atoms with Gasteiger partial charge in [0.05, 0.1) is 41.9 Å². The number of alkyl halides is 12. The van der Waals surface area contributed by atoms with Crippen LogP contribution in [0, 0.1) is 6.07 Å². The van der Waals surface area contributed by atoms with Gasteiger partial charge in [-0.3, -0.25) is 0 Å². The smallest absolute Gasteiger partial charge is 0.490 e. The van der Waals surface area contributed by atoms with Crippen LogP contribution in [0.2, 0.25) is 0 Å². The fourth-order valence-corrected chi connectivity index (χ4v) is 5.84. The molecule has 0 aliphatic carbocycles. The SMILES string of the molecule is CCCC(c1cc(C(F)(F)F)ccc1OB(Oc1ccc(C(F)(F)F)cc1)Oc1ccc(C(F)(F)F)cc1)[N+](CC)(CC)CC.FC(F)(F)c1cc[c-]cc1. The number of hydrogen-bond acceptors (Lipinski definition) is 3. The zero-order chi connectivity index (χ0) is 41.2. The molecule has 4 nitrogen and oxygen atoms in total. The van der Waals surface area contributed by atoms with Gasteiger partial charge in [0.1, 0.15) is 23.3 Å². The molecule has 0 saturated heterocycles. The van der Waals surface area contributed by atoms with Crippen molar-refractivity contribution in [1.82, 2.24) is 0 Å². The minimum Gasteiger partial charge on any atom is -0.490 e. The molecule has 0 radical (unpaired) electrons. The van der Waals surface area contributed by atoms with E-state index in [0.29, 0.717) is 37.0 Å². The zero-order valence-electron chi connectivity index (χ0n) is 30.1. The van der Waals surface area contributed by atoms with Crippen molar-refractivity contribution in [3.8, 4) is 17.2 Å². The lowest BCUT2D eigenvalue weighted by molar-refractivity contribution is -0.953. The van der Waals surface area contributed by atoms with E-state index in [1.807, 2.05) is 27.7 Å². The predicted molar refractivity (Wildman–Crippen MR) is 182 cm³/mol. The standard InChI is InChI=1S/C31H34BF9NO3.C7H4F3/c1-5-9-27(42(6-2,7-3)8-4)26-20-23(31(39,40)41)14-19-28(26)45-32(43-24-15-10-21(11-16-24)29(33,34)35)44-25-17-12-22(13-18-25)30(36,37)38;8-7(9,10)6-4-2-1-3-5-6/h10-20,27H,5-9H2,1-4H3;2-5H/q+1;-1. The fraction of sp³-hybridized carbons (Fsp3) is 0.368. The third kappa shape index (κ3) is 12.5. The molecule has 4 aromatic carbocycles. The molecule has 0 aliphatic heterocycles. The molecule has 17 heteroatoms. The van der Waals surface area contributed by atoms with Crippen LogP contribution in [0.1, 0.15) is 74.4 Å². The van der Waals surface area contributed by atoms with E-state index >= 15 is 0 Å². The van der Waals surface area contributed by atoms with Crippen LogP contribution in [0.15, 0.2) is 91.0 Å². The number of hydrogen-bond donors (Lipinski definition) is 0. The summed E-state index contributed by atoms with van der Waals surface area (Å²) in [5.74, 6) is -0.346. The normalized spacial score (nSPS) is 13.0. The molecule has 0 bridgehead atoms. The van der Waals surface area contributed by atoms with Crippen LogP contribution in [-0.2, 0) is 24.7 Å². The van der Waals surface area contributed by atoms with Crippen LogP contribution in [-0.4, -0.2) is 31.4 Å². The summed E-state index contributed by atoms with van der Waals surface area (Å²) < 4.78 is 173. The van der Waals surface area contributed by atoms with Crippen LogP contribution in [0.25, 0.3) is 0 Å². The van der Waals surface area contributed by atoms with Crippen molar-refractivity contribution in [2.24, 2.45) is 0 Å². The second-order valence-electron chi connectivity index (χ2n) is 12.2. The van der Waals surface area contributed by atoms with E-state index in [4.69, 9.17) is 14.0 Å². The Morgan fingerprint density at radius 2 is 0.909 bits per heavy atom. The number of quaternary nitrogens is 1. The van der Waals surface area contributed by atoms with E-state index in [1.165, 1.54) is 12.1 Å². The fourth-order valence-electron chi connectivity index (χ4n) is 5.84. The Morgan fingerprint density at radius 3 is 1.25 bits per heavy atom. The Morgan fingerprint density at radius 1 is 0.527 bits per heavy atom. The molecule has 0 aromatic heterocycles. The molecule has 0 spiro atoms. The highest BCUT2D eigenvalue weighted by Crippen LogP contribution is 2.42. The highest BCUT2D eigenvalue weighted by Gasteiger charge is 2.41. The summed E-state index contributed by atoms with van der Waals surface area (Å²) in [5.41, 5.74) is -3.25. The van der Waals surface area contributed by atoms with Gasteiger partial charge in [0, 0.05) is 6.42 Å². The molecular formula is C38H38BF12NO3. The van der Waals surface area contributed by atoms with Crippen molar-refractivity contribution in [2.75, 3.05) is 19.6 Å². The molecule has 0 fully saturated rings. The molecule has 0 N–H and O–H groups in total. The predicted octanol–water partition coefficient (Wildman–Crippen LogP) is 12.5. The number of rotatable bonds is 13. The Labute approximate surface area is 311 Å². The lowest BCUT2D eigenvalue weighted by Crippen LogP contribution is -2.50. The van der Waals surface area contributed by atoms with E-state index in [2.05, 4.69) is 6.07 Å². The van der Waals surface area contributed by atoms with Gasteiger partial charge in [-0.05, 0) is 87.5 Å². The van der Waals surface area contributed by atoms with E-state index in [-0.39, 0.29) is 22.8 Å². The average molecular weight is 796 g/mol. The van der Waals surface area contributed by atoms with E-state index in [0.717, 1.165) is 78.9 Å². The van der Waals surface area contributed by atoms with Gasteiger partial charge in [0.2, 0.25) is 0 Å². The average Bonchev–Trinajstić information content (AvgIpc) is 3.12. The molecule has 4 rings (SSSR count). The summed E-state index contributed by atoms with van der Waals surface area (Å²) in [6.07, 6.45) is -17.0. The highest BCUT2D eigenvalue weighted by molar-refractivity contribution is 6.39. The number of benzene rings is 4. The molecule has 0 heterocycles. The van der Waals surface area contributed by atoms with Crippen LogP contribution in [0.3, 0.4) is 0 Å². The molecular weight excluding hydrogens is 757 g/mol. The van der Waals surface area contributed by atoms with Crippen molar-refractivity contribution < 1.29 is 71.1 Å². The Bertz CT molecular complexity index is 1690. The number of nitrogens with zero attached hydrogens (tertiary/aromatic N) is 1. The molecule has 300 valence electrons. The van der Waals surface area contributed by atoms with Crippen LogP contribution in [0.4, 0.5) is 52.7 Å². The monoisotopic (exact) mass is 795 g/mol. The maximum absolute atomic E-state index is 13.9. The van der Waals surface area contributed by atoms with Gasteiger partial charge in [0.25, 0.3) is 0 Å². The molecule has 0 aliphatic rings. The van der Waals surface area contributed by atoms with Gasteiger partial charge in [-0.25, -0.2) is 0 Å². The van der Waals surface area contributed by atoms with Gasteiger partial charge >= 0.3 is 32.0 Å². The highest BCUT2D eigenvalue weighted by atomic mass is 19.4. The summed E-state index contributed by atoms with van der Waals surface area (Å²) in [7, 11) is -1.82. The van der Waals surface area contributed by atoms with Gasteiger partial charge in [0.15, 0.2) is 0 Å². The lowest BCUT2D eigenvalue weighted by atomic mass is 9.94. The van der Waals surface area contributed by atoms with Crippen LogP contribution >= 0.6 is 0 Å². The zero-order valence-corrected chi connectivity index (χ0v) is 30.1. The first kappa shape index (κ1) is 44.9. The van der Waals surface area contributed by atoms with Crippen molar-refractivity contribution in [3.05, 3.63) is 125 Å². The molecule has 0 saturated carbocycles.